The number of amides is 1. The molecule has 0 unspecified atom stereocenters. The average Bonchev–Trinajstić information content (AvgIpc) is 2.63. The number of nitriles is 1. The summed E-state index contributed by atoms with van der Waals surface area (Å²) in [7, 11) is 0. The molecular weight excluding hydrogens is 360 g/mol. The molecule has 2 aromatic carbocycles. The molecule has 3 rings (SSSR count). The number of hydrogen-bond acceptors (Lipinski definition) is 5. The van der Waals surface area contributed by atoms with Crippen molar-refractivity contribution in [2.24, 2.45) is 0 Å². The van der Waals surface area contributed by atoms with Crippen LogP contribution in [0.1, 0.15) is 22.3 Å². The van der Waals surface area contributed by atoms with Crippen LogP contribution in [0.15, 0.2) is 51.7 Å². The lowest BCUT2D eigenvalue weighted by molar-refractivity contribution is -0.113. The van der Waals surface area contributed by atoms with Crippen LogP contribution in [-0.2, 0) is 10.5 Å². The first-order chi connectivity index (χ1) is 13.0. The van der Waals surface area contributed by atoms with Crippen LogP contribution >= 0.6 is 11.8 Å². The second kappa shape index (κ2) is 8.11. The highest BCUT2D eigenvalue weighted by Gasteiger charge is 2.09. The predicted octanol–water partition coefficient (Wildman–Crippen LogP) is 4.15. The van der Waals surface area contributed by atoms with Crippen molar-refractivity contribution in [3.8, 4) is 6.07 Å². The molecule has 1 aromatic heterocycles. The molecule has 0 spiro atoms. The topological polar surface area (TPSA) is 83.1 Å². The van der Waals surface area contributed by atoms with Crippen molar-refractivity contribution in [1.82, 2.24) is 0 Å². The van der Waals surface area contributed by atoms with Crippen molar-refractivity contribution >= 4 is 34.3 Å². The lowest BCUT2D eigenvalue weighted by Crippen LogP contribution is -2.14. The minimum Gasteiger partial charge on any atom is -0.423 e. The highest BCUT2D eigenvalue weighted by atomic mass is 32.2. The standard InChI is InChI=1S/C21H18N2O3S/c1-13-6-18-16(9-21(25)26-19(18)7-14(13)2)11-27-12-20(24)23-17-5-3-4-15(8-17)10-22/h3-9H,11-12H2,1-2H3,(H,23,24). The number of carbonyl (C=O) groups is 1. The molecule has 5 nitrogen and oxygen atoms in total. The lowest BCUT2D eigenvalue weighted by Gasteiger charge is -2.09. The van der Waals surface area contributed by atoms with Crippen LogP contribution in [0.3, 0.4) is 0 Å². The van der Waals surface area contributed by atoms with E-state index >= 15 is 0 Å². The highest BCUT2D eigenvalue weighted by molar-refractivity contribution is 7.99. The van der Waals surface area contributed by atoms with Crippen LogP contribution in [0.4, 0.5) is 5.69 Å². The van der Waals surface area contributed by atoms with Gasteiger partial charge in [0.2, 0.25) is 5.91 Å². The molecule has 0 saturated heterocycles. The Morgan fingerprint density at radius 1 is 1.19 bits per heavy atom. The number of fused-ring (bicyclic) bond motifs is 1. The van der Waals surface area contributed by atoms with E-state index in [0.717, 1.165) is 22.1 Å². The molecule has 3 aromatic rings. The molecular formula is C21H18N2O3S. The van der Waals surface area contributed by atoms with E-state index in [2.05, 4.69) is 5.32 Å². The van der Waals surface area contributed by atoms with Crippen molar-refractivity contribution in [1.29, 1.82) is 5.26 Å². The van der Waals surface area contributed by atoms with Gasteiger partial charge < -0.3 is 9.73 Å². The van der Waals surface area contributed by atoms with E-state index in [-0.39, 0.29) is 17.3 Å². The summed E-state index contributed by atoms with van der Waals surface area (Å²) in [6, 6.07) is 14.2. The third-order valence-corrected chi connectivity index (χ3v) is 5.19. The molecule has 0 aliphatic heterocycles. The van der Waals surface area contributed by atoms with Crippen molar-refractivity contribution in [2.75, 3.05) is 11.1 Å². The maximum atomic E-state index is 12.1. The van der Waals surface area contributed by atoms with E-state index in [1.807, 2.05) is 32.0 Å². The summed E-state index contributed by atoms with van der Waals surface area (Å²) in [5, 5.41) is 12.6. The van der Waals surface area contributed by atoms with Crippen LogP contribution < -0.4 is 10.9 Å². The number of nitrogens with one attached hydrogen (secondary N) is 1. The third kappa shape index (κ3) is 4.57. The predicted molar refractivity (Wildman–Crippen MR) is 108 cm³/mol. The number of thioether (sulfide) groups is 1. The van der Waals surface area contributed by atoms with E-state index in [0.29, 0.717) is 22.6 Å². The first-order valence-electron chi connectivity index (χ1n) is 8.38. The Labute approximate surface area is 161 Å². The van der Waals surface area contributed by atoms with Gasteiger partial charge in [0.15, 0.2) is 0 Å². The van der Waals surface area contributed by atoms with E-state index < -0.39 is 0 Å². The number of nitrogens with zero attached hydrogens (tertiary/aromatic N) is 1. The molecule has 0 radical (unpaired) electrons. The SMILES string of the molecule is Cc1cc2oc(=O)cc(CSCC(=O)Nc3cccc(C#N)c3)c2cc1C. The number of anilines is 1. The smallest absolute Gasteiger partial charge is 0.336 e. The van der Waals surface area contributed by atoms with Gasteiger partial charge in [0.25, 0.3) is 0 Å². The summed E-state index contributed by atoms with van der Waals surface area (Å²) in [6.07, 6.45) is 0. The van der Waals surface area contributed by atoms with Crippen LogP contribution in [-0.4, -0.2) is 11.7 Å². The number of benzene rings is 2. The molecule has 1 amide bonds. The second-order valence-electron chi connectivity index (χ2n) is 6.26. The molecule has 0 aliphatic carbocycles. The number of aryl methyl sites for hydroxylation is 2. The summed E-state index contributed by atoms with van der Waals surface area (Å²) in [5.74, 6) is 0.606. The van der Waals surface area contributed by atoms with E-state index in [9.17, 15) is 9.59 Å². The molecule has 0 bridgehead atoms. The van der Waals surface area contributed by atoms with Gasteiger partial charge in [0, 0.05) is 22.9 Å². The Hall–Kier alpha value is -3.04. The molecule has 1 N–H and O–H groups in total. The van der Waals surface area contributed by atoms with Gasteiger partial charge in [-0.3, -0.25) is 4.79 Å². The van der Waals surface area contributed by atoms with Gasteiger partial charge in [-0.2, -0.15) is 5.26 Å². The van der Waals surface area contributed by atoms with Crippen molar-refractivity contribution in [3.63, 3.8) is 0 Å². The van der Waals surface area contributed by atoms with Crippen molar-refractivity contribution in [3.05, 3.63) is 75.1 Å². The Morgan fingerprint density at radius 3 is 2.74 bits per heavy atom. The van der Waals surface area contributed by atoms with Gasteiger partial charge in [-0.15, -0.1) is 11.8 Å². The van der Waals surface area contributed by atoms with Gasteiger partial charge >= 0.3 is 5.63 Å². The maximum Gasteiger partial charge on any atom is 0.336 e. The fourth-order valence-corrected chi connectivity index (χ4v) is 3.54. The lowest BCUT2D eigenvalue weighted by atomic mass is 10.0. The first-order valence-corrected chi connectivity index (χ1v) is 9.53. The largest absolute Gasteiger partial charge is 0.423 e. The van der Waals surface area contributed by atoms with Gasteiger partial charge in [-0.1, -0.05) is 6.07 Å². The van der Waals surface area contributed by atoms with Crippen LogP contribution in [0.2, 0.25) is 0 Å². The third-order valence-electron chi connectivity index (χ3n) is 4.21. The quantitative estimate of drug-likeness (QED) is 0.674. The summed E-state index contributed by atoms with van der Waals surface area (Å²) < 4.78 is 5.30. The summed E-state index contributed by atoms with van der Waals surface area (Å²) >= 11 is 1.42. The number of carbonyl (C=O) groups excluding carboxylic acids is 1. The average molecular weight is 378 g/mol. The maximum absolute atomic E-state index is 12.1. The Kier molecular flexibility index (Phi) is 5.63. The molecule has 6 heteroatoms. The van der Waals surface area contributed by atoms with Gasteiger partial charge in [0.05, 0.1) is 17.4 Å². The molecule has 0 atom stereocenters. The fraction of sp³-hybridized carbons (Fsp3) is 0.190. The van der Waals surface area contributed by atoms with Gasteiger partial charge in [0.1, 0.15) is 5.58 Å². The van der Waals surface area contributed by atoms with Gasteiger partial charge in [-0.25, -0.2) is 4.79 Å². The molecule has 1 heterocycles. The van der Waals surface area contributed by atoms with E-state index in [1.165, 1.54) is 17.8 Å². The Balaban J connectivity index is 1.68. The minimum absolute atomic E-state index is 0.158. The number of rotatable bonds is 5. The zero-order valence-electron chi connectivity index (χ0n) is 15.0. The summed E-state index contributed by atoms with van der Waals surface area (Å²) in [6.45, 7) is 3.99. The Morgan fingerprint density at radius 2 is 1.96 bits per heavy atom. The zero-order valence-corrected chi connectivity index (χ0v) is 15.9. The normalized spacial score (nSPS) is 10.6. The molecule has 136 valence electrons. The van der Waals surface area contributed by atoms with Crippen LogP contribution in [0.25, 0.3) is 11.0 Å². The molecule has 0 saturated carbocycles. The summed E-state index contributed by atoms with van der Waals surface area (Å²) in [4.78, 5) is 24.0. The van der Waals surface area contributed by atoms with E-state index in [1.54, 1.807) is 24.3 Å². The summed E-state index contributed by atoms with van der Waals surface area (Å²) in [5.41, 5.74) is 4.31. The van der Waals surface area contributed by atoms with Crippen molar-refractivity contribution in [2.45, 2.75) is 19.6 Å². The fourth-order valence-electron chi connectivity index (χ4n) is 2.72. The second-order valence-corrected chi connectivity index (χ2v) is 7.24. The minimum atomic E-state index is -0.390. The number of hydrogen-bond donors (Lipinski definition) is 1. The molecule has 0 aliphatic rings. The molecule has 27 heavy (non-hydrogen) atoms. The van der Waals surface area contributed by atoms with E-state index in [4.69, 9.17) is 9.68 Å². The van der Waals surface area contributed by atoms with Gasteiger partial charge in [-0.05, 0) is 60.9 Å². The van der Waals surface area contributed by atoms with Crippen molar-refractivity contribution < 1.29 is 9.21 Å². The van der Waals surface area contributed by atoms with Crippen LogP contribution in [0, 0.1) is 25.2 Å². The monoisotopic (exact) mass is 378 g/mol. The highest BCUT2D eigenvalue weighted by Crippen LogP contribution is 2.24. The molecule has 0 fully saturated rings. The Bertz CT molecular complexity index is 1110. The van der Waals surface area contributed by atoms with Crippen LogP contribution in [0.5, 0.6) is 0 Å². The first kappa shape index (κ1) is 18.7. The zero-order chi connectivity index (χ0) is 19.4.